The van der Waals surface area contributed by atoms with Crippen molar-refractivity contribution in [3.05, 3.63) is 35.4 Å². The fourth-order valence-corrected chi connectivity index (χ4v) is 10.7. The minimum absolute atomic E-state index is 0.345. The lowest BCUT2D eigenvalue weighted by molar-refractivity contribution is 0.169. The molecule has 0 amide bonds. The van der Waals surface area contributed by atoms with Crippen LogP contribution in [-0.4, -0.2) is 8.32 Å². The summed E-state index contributed by atoms with van der Waals surface area (Å²) >= 11 is 0. The van der Waals surface area contributed by atoms with Crippen molar-refractivity contribution in [1.82, 2.24) is 0 Å². The lowest BCUT2D eigenvalue weighted by atomic mass is 9.99. The summed E-state index contributed by atoms with van der Waals surface area (Å²) in [5.41, 5.74) is 5.56. The van der Waals surface area contributed by atoms with E-state index in [4.69, 9.17) is 4.43 Å². The maximum atomic E-state index is 7.12. The SMILES string of the molecule is CC(C)[Si](OC1CC2(CC2)c2ccccc21)(C(C)C)C(C)C. The smallest absolute Gasteiger partial charge is 0.201 e. The summed E-state index contributed by atoms with van der Waals surface area (Å²) in [6, 6.07) is 9.08. The molecule has 2 aliphatic rings. The van der Waals surface area contributed by atoms with Crippen LogP contribution in [0.1, 0.15) is 78.0 Å². The van der Waals surface area contributed by atoms with Crippen LogP contribution < -0.4 is 0 Å². The number of hydrogen-bond donors (Lipinski definition) is 0. The maximum absolute atomic E-state index is 7.12. The van der Waals surface area contributed by atoms with Crippen molar-refractivity contribution >= 4 is 8.32 Å². The predicted molar refractivity (Wildman–Crippen MR) is 96.8 cm³/mol. The highest BCUT2D eigenvalue weighted by molar-refractivity contribution is 6.77. The Morgan fingerprint density at radius 2 is 1.50 bits per heavy atom. The van der Waals surface area contributed by atoms with Crippen LogP contribution in [0.15, 0.2) is 24.3 Å². The molecule has 3 rings (SSSR count). The summed E-state index contributed by atoms with van der Waals surface area (Å²) in [4.78, 5) is 0. The number of benzene rings is 1. The van der Waals surface area contributed by atoms with E-state index in [0.717, 1.165) is 0 Å². The highest BCUT2D eigenvalue weighted by atomic mass is 28.4. The summed E-state index contributed by atoms with van der Waals surface area (Å²) < 4.78 is 7.12. The van der Waals surface area contributed by atoms with Crippen LogP contribution in [0.3, 0.4) is 0 Å². The van der Waals surface area contributed by atoms with E-state index in [-0.39, 0.29) is 0 Å². The zero-order valence-corrected chi connectivity index (χ0v) is 16.1. The van der Waals surface area contributed by atoms with Gasteiger partial charge in [-0.25, -0.2) is 0 Å². The lowest BCUT2D eigenvalue weighted by Crippen LogP contribution is -2.48. The highest BCUT2D eigenvalue weighted by Gasteiger charge is 2.55. The van der Waals surface area contributed by atoms with Crippen LogP contribution >= 0.6 is 0 Å². The van der Waals surface area contributed by atoms with Gasteiger partial charge < -0.3 is 4.43 Å². The van der Waals surface area contributed by atoms with E-state index in [1.807, 2.05) is 0 Å². The van der Waals surface area contributed by atoms with Crippen molar-refractivity contribution < 1.29 is 4.43 Å². The first-order chi connectivity index (χ1) is 10.3. The van der Waals surface area contributed by atoms with E-state index in [0.29, 0.717) is 28.1 Å². The second-order valence-corrected chi connectivity index (χ2v) is 13.9. The van der Waals surface area contributed by atoms with Gasteiger partial charge in [-0.1, -0.05) is 65.8 Å². The predicted octanol–water partition coefficient (Wildman–Crippen LogP) is 6.36. The van der Waals surface area contributed by atoms with E-state index in [2.05, 4.69) is 65.8 Å². The molecule has 1 nitrogen and oxygen atoms in total. The molecular formula is C20H32OSi. The molecule has 1 saturated carbocycles. The van der Waals surface area contributed by atoms with Gasteiger partial charge in [-0.15, -0.1) is 0 Å². The summed E-state index contributed by atoms with van der Waals surface area (Å²) in [7, 11) is -1.80. The topological polar surface area (TPSA) is 9.23 Å². The molecule has 1 spiro atoms. The average molecular weight is 317 g/mol. The van der Waals surface area contributed by atoms with Gasteiger partial charge in [0.05, 0.1) is 6.10 Å². The first-order valence-corrected chi connectivity index (χ1v) is 11.2. The molecule has 0 N–H and O–H groups in total. The molecule has 0 bridgehead atoms. The minimum Gasteiger partial charge on any atom is -0.409 e. The van der Waals surface area contributed by atoms with E-state index >= 15 is 0 Å². The van der Waals surface area contributed by atoms with E-state index in [1.165, 1.54) is 24.8 Å². The van der Waals surface area contributed by atoms with Gasteiger partial charge in [0.1, 0.15) is 0 Å². The van der Waals surface area contributed by atoms with Crippen LogP contribution in [0.4, 0.5) is 0 Å². The zero-order chi connectivity index (χ0) is 16.1. The zero-order valence-electron chi connectivity index (χ0n) is 15.1. The van der Waals surface area contributed by atoms with Crippen LogP contribution in [0.2, 0.25) is 16.6 Å². The molecule has 2 aliphatic carbocycles. The molecule has 1 fully saturated rings. The summed E-state index contributed by atoms with van der Waals surface area (Å²) in [5, 5.41) is 0. The van der Waals surface area contributed by atoms with Gasteiger partial charge >= 0.3 is 0 Å². The molecular weight excluding hydrogens is 284 g/mol. The fraction of sp³-hybridized carbons (Fsp3) is 0.700. The summed E-state index contributed by atoms with van der Waals surface area (Å²) in [6.45, 7) is 14.3. The molecule has 0 saturated heterocycles. The van der Waals surface area contributed by atoms with Gasteiger partial charge in [-0.2, -0.15) is 0 Å². The molecule has 1 aromatic rings. The van der Waals surface area contributed by atoms with Crippen molar-refractivity contribution in [3.63, 3.8) is 0 Å². The minimum atomic E-state index is -1.80. The van der Waals surface area contributed by atoms with Crippen molar-refractivity contribution in [2.24, 2.45) is 0 Å². The van der Waals surface area contributed by atoms with Gasteiger partial charge in [-0.05, 0) is 52.4 Å². The Morgan fingerprint density at radius 3 is 2.00 bits per heavy atom. The van der Waals surface area contributed by atoms with E-state index < -0.39 is 8.32 Å². The Labute approximate surface area is 137 Å². The summed E-state index contributed by atoms with van der Waals surface area (Å²) in [5.74, 6) is 0. The van der Waals surface area contributed by atoms with Crippen LogP contribution in [0.25, 0.3) is 0 Å². The number of hydrogen-bond acceptors (Lipinski definition) is 1. The first-order valence-electron chi connectivity index (χ1n) is 9.10. The van der Waals surface area contributed by atoms with Crippen molar-refractivity contribution in [1.29, 1.82) is 0 Å². The maximum Gasteiger partial charge on any atom is 0.201 e. The molecule has 0 aromatic heterocycles. The van der Waals surface area contributed by atoms with Gasteiger partial charge in [0, 0.05) is 0 Å². The third-order valence-electron chi connectivity index (χ3n) is 6.36. The fourth-order valence-electron chi connectivity index (χ4n) is 5.22. The molecule has 0 heterocycles. The second-order valence-electron chi connectivity index (χ2n) is 8.50. The van der Waals surface area contributed by atoms with Gasteiger partial charge in [0.15, 0.2) is 0 Å². The van der Waals surface area contributed by atoms with Crippen LogP contribution in [0.5, 0.6) is 0 Å². The van der Waals surface area contributed by atoms with Crippen molar-refractivity contribution in [2.75, 3.05) is 0 Å². The standard InChI is InChI=1S/C20H32OSi/c1-14(2)22(15(3)4,16(5)6)21-19-13-20(11-12-20)18-10-8-7-9-17(18)19/h7-10,14-16,19H,11-13H2,1-6H3. The number of rotatable bonds is 5. The molecule has 1 unspecified atom stereocenters. The van der Waals surface area contributed by atoms with Crippen LogP contribution in [0, 0.1) is 0 Å². The van der Waals surface area contributed by atoms with Gasteiger partial charge in [-0.3, -0.25) is 0 Å². The van der Waals surface area contributed by atoms with Crippen molar-refractivity contribution in [2.45, 2.75) is 88.9 Å². The third-order valence-corrected chi connectivity index (χ3v) is 12.5. The largest absolute Gasteiger partial charge is 0.409 e. The quantitative estimate of drug-likeness (QED) is 0.575. The van der Waals surface area contributed by atoms with E-state index in [1.54, 1.807) is 5.56 Å². The molecule has 0 radical (unpaired) electrons. The average Bonchev–Trinajstić information content (AvgIpc) is 3.15. The van der Waals surface area contributed by atoms with Crippen LogP contribution in [-0.2, 0) is 9.84 Å². The monoisotopic (exact) mass is 316 g/mol. The molecule has 0 aliphatic heterocycles. The lowest BCUT2D eigenvalue weighted by Gasteiger charge is -2.44. The molecule has 122 valence electrons. The van der Waals surface area contributed by atoms with Gasteiger partial charge in [0.2, 0.25) is 8.32 Å². The Hall–Kier alpha value is -0.603. The number of fused-ring (bicyclic) bond motifs is 2. The second kappa shape index (κ2) is 5.49. The van der Waals surface area contributed by atoms with E-state index in [9.17, 15) is 0 Å². The highest BCUT2D eigenvalue weighted by Crippen LogP contribution is 2.62. The Kier molecular flexibility index (Phi) is 4.06. The molecule has 2 heteroatoms. The molecule has 1 atom stereocenters. The Morgan fingerprint density at radius 1 is 0.955 bits per heavy atom. The van der Waals surface area contributed by atoms with Crippen molar-refractivity contribution in [3.8, 4) is 0 Å². The Bertz CT molecular complexity index is 521. The normalized spacial score (nSPS) is 22.9. The molecule has 22 heavy (non-hydrogen) atoms. The third kappa shape index (κ3) is 2.30. The summed E-state index contributed by atoms with van der Waals surface area (Å²) in [6.07, 6.45) is 4.30. The van der Waals surface area contributed by atoms with Gasteiger partial charge in [0.25, 0.3) is 0 Å². The first kappa shape index (κ1) is 16.3. The molecule has 1 aromatic carbocycles. The Balaban J connectivity index is 1.95.